The Labute approximate surface area is 193 Å². The van der Waals surface area contributed by atoms with Gasteiger partial charge in [0.25, 0.3) is 0 Å². The molecule has 0 saturated heterocycles. The van der Waals surface area contributed by atoms with Crippen molar-refractivity contribution < 1.29 is 17.6 Å². The van der Waals surface area contributed by atoms with Crippen molar-refractivity contribution in [1.82, 2.24) is 0 Å². The third-order valence-corrected chi connectivity index (χ3v) is 5.72. The zero-order valence-corrected chi connectivity index (χ0v) is 18.7. The molecule has 3 aromatic carbocycles. The van der Waals surface area contributed by atoms with E-state index in [0.29, 0.717) is 12.0 Å². The summed E-state index contributed by atoms with van der Waals surface area (Å²) >= 11 is 0. The second-order valence-electron chi connectivity index (χ2n) is 8.06. The minimum Gasteiger partial charge on any atom is -0.194 e. The highest BCUT2D eigenvalue weighted by molar-refractivity contribution is 5.64. The molecule has 0 amide bonds. The van der Waals surface area contributed by atoms with Gasteiger partial charge in [-0.2, -0.15) is 17.6 Å². The van der Waals surface area contributed by atoms with Crippen molar-refractivity contribution in [2.75, 3.05) is 0 Å². The van der Waals surface area contributed by atoms with Gasteiger partial charge < -0.3 is 0 Å². The summed E-state index contributed by atoms with van der Waals surface area (Å²) in [5.41, 5.74) is 2.11. The molecule has 0 aromatic heterocycles. The maximum atomic E-state index is 14.9. The van der Waals surface area contributed by atoms with Crippen LogP contribution in [-0.4, -0.2) is 0 Å². The fourth-order valence-electron chi connectivity index (χ4n) is 3.66. The molecule has 33 heavy (non-hydrogen) atoms. The first-order chi connectivity index (χ1) is 15.8. The van der Waals surface area contributed by atoms with E-state index < -0.39 is 23.0 Å². The summed E-state index contributed by atoms with van der Waals surface area (Å²) in [5, 5.41) is 0. The van der Waals surface area contributed by atoms with Crippen molar-refractivity contribution in [1.29, 1.82) is 0 Å². The van der Waals surface area contributed by atoms with E-state index in [4.69, 9.17) is 0 Å². The Morgan fingerprint density at radius 3 is 1.48 bits per heavy atom. The van der Waals surface area contributed by atoms with Crippen LogP contribution in [0.25, 0.3) is 11.1 Å². The molecule has 0 N–H and O–H groups in total. The molecule has 0 aliphatic carbocycles. The van der Waals surface area contributed by atoms with E-state index in [1.165, 1.54) is 24.3 Å². The monoisotopic (exact) mass is 452 g/mol. The van der Waals surface area contributed by atoms with Crippen molar-refractivity contribution in [3.63, 3.8) is 0 Å². The molecule has 0 spiro atoms. The Morgan fingerprint density at radius 2 is 1.03 bits per heavy atom. The van der Waals surface area contributed by atoms with Gasteiger partial charge in [-0.3, -0.25) is 0 Å². The summed E-state index contributed by atoms with van der Waals surface area (Å²) in [4.78, 5) is 0. The second-order valence-corrected chi connectivity index (χ2v) is 8.06. The van der Waals surface area contributed by atoms with E-state index in [-0.39, 0.29) is 0 Å². The van der Waals surface area contributed by atoms with E-state index in [1.807, 2.05) is 49.4 Å². The van der Waals surface area contributed by atoms with Gasteiger partial charge in [-0.25, -0.2) is 0 Å². The first-order valence-corrected chi connectivity index (χ1v) is 11.1. The highest BCUT2D eigenvalue weighted by Crippen LogP contribution is 2.49. The van der Waals surface area contributed by atoms with Crippen molar-refractivity contribution >= 4 is 0 Å². The van der Waals surface area contributed by atoms with Crippen LogP contribution < -0.4 is 0 Å². The summed E-state index contributed by atoms with van der Waals surface area (Å²) in [6, 6.07) is 18.0. The Kier molecular flexibility index (Phi) is 7.91. The van der Waals surface area contributed by atoms with Gasteiger partial charge in [0.15, 0.2) is 0 Å². The van der Waals surface area contributed by atoms with Crippen LogP contribution in [0.1, 0.15) is 42.0 Å². The van der Waals surface area contributed by atoms with Gasteiger partial charge in [0.2, 0.25) is 0 Å². The molecule has 3 rings (SSSR count). The van der Waals surface area contributed by atoms with Crippen LogP contribution in [0.5, 0.6) is 0 Å². The highest BCUT2D eigenvalue weighted by Gasteiger charge is 2.58. The molecule has 0 nitrogen and oxygen atoms in total. The van der Waals surface area contributed by atoms with Gasteiger partial charge in [-0.05, 0) is 54.9 Å². The largest absolute Gasteiger partial charge is 0.339 e. The topological polar surface area (TPSA) is 0 Å². The van der Waals surface area contributed by atoms with E-state index in [0.717, 1.165) is 60.2 Å². The van der Waals surface area contributed by atoms with Gasteiger partial charge in [-0.15, -0.1) is 6.58 Å². The molecule has 0 saturated carbocycles. The van der Waals surface area contributed by atoms with Crippen LogP contribution in [0.2, 0.25) is 0 Å². The summed E-state index contributed by atoms with van der Waals surface area (Å²) in [6.45, 7) is 5.61. The Bertz CT molecular complexity index is 1060. The van der Waals surface area contributed by atoms with Gasteiger partial charge in [0.1, 0.15) is 0 Å². The van der Waals surface area contributed by atoms with Gasteiger partial charge >= 0.3 is 11.8 Å². The lowest BCUT2D eigenvalue weighted by molar-refractivity contribution is -0.223. The molecule has 3 aromatic rings. The Morgan fingerprint density at radius 1 is 0.636 bits per heavy atom. The number of allylic oxidation sites excluding steroid dienone is 3. The molecule has 0 heterocycles. The lowest BCUT2D eigenvalue weighted by Gasteiger charge is -2.27. The van der Waals surface area contributed by atoms with Crippen LogP contribution in [-0.2, 0) is 24.7 Å². The van der Waals surface area contributed by atoms with Crippen LogP contribution >= 0.6 is 0 Å². The Hall–Kier alpha value is -3.14. The molecule has 0 fully saturated rings. The lowest BCUT2D eigenvalue weighted by Crippen LogP contribution is -2.35. The van der Waals surface area contributed by atoms with Crippen LogP contribution in [0.3, 0.4) is 0 Å². The molecule has 0 radical (unpaired) electrons. The summed E-state index contributed by atoms with van der Waals surface area (Å²) in [5.74, 6) is -8.67. The fraction of sp³-hybridized carbons (Fsp3) is 0.241. The fourth-order valence-corrected chi connectivity index (χ4v) is 3.66. The molecule has 0 bridgehead atoms. The summed E-state index contributed by atoms with van der Waals surface area (Å²) in [7, 11) is 0. The summed E-state index contributed by atoms with van der Waals surface area (Å²) in [6.07, 6.45) is 8.92. The average molecular weight is 453 g/mol. The van der Waals surface area contributed by atoms with Crippen LogP contribution in [0, 0.1) is 0 Å². The van der Waals surface area contributed by atoms with Gasteiger partial charge in [-0.1, -0.05) is 91.0 Å². The minimum absolute atomic E-state index is 0.670. The zero-order chi connectivity index (χ0) is 23.9. The summed E-state index contributed by atoms with van der Waals surface area (Å²) < 4.78 is 59.5. The predicted octanol–water partition coefficient (Wildman–Crippen LogP) is 8.86. The molecule has 0 aliphatic rings. The first-order valence-electron chi connectivity index (χ1n) is 11.1. The normalized spacial score (nSPS) is 12.3. The molecule has 4 heteroatoms. The van der Waals surface area contributed by atoms with Crippen molar-refractivity contribution in [2.45, 2.75) is 44.5 Å². The Balaban J connectivity index is 1.77. The van der Waals surface area contributed by atoms with Crippen LogP contribution in [0.15, 0.2) is 97.6 Å². The highest BCUT2D eigenvalue weighted by atomic mass is 19.3. The minimum atomic E-state index is -4.34. The average Bonchev–Trinajstić information content (AvgIpc) is 2.83. The van der Waals surface area contributed by atoms with E-state index in [2.05, 4.69) is 6.58 Å². The standard InChI is InChI=1S/C29H28F4/c1-3-5-7-9-23-12-18-26(19-13-23)28(30,31)29(32,33)27-20-16-25(17-21-27)24-14-10-22(11-15-24)8-6-4-2/h3-5,10-21H,2,6-9H2,1H3/b5-3+. The van der Waals surface area contributed by atoms with E-state index in [9.17, 15) is 17.6 Å². The molecular weight excluding hydrogens is 424 g/mol. The number of halogens is 4. The van der Waals surface area contributed by atoms with Gasteiger partial charge in [0, 0.05) is 11.1 Å². The molecule has 0 aliphatic heterocycles. The number of aryl methyl sites for hydroxylation is 2. The van der Waals surface area contributed by atoms with Crippen molar-refractivity contribution in [3.05, 3.63) is 120 Å². The maximum absolute atomic E-state index is 14.9. The predicted molar refractivity (Wildman–Crippen MR) is 128 cm³/mol. The zero-order valence-electron chi connectivity index (χ0n) is 18.7. The second kappa shape index (κ2) is 10.7. The molecular formula is C29H28F4. The third-order valence-electron chi connectivity index (χ3n) is 5.72. The smallest absolute Gasteiger partial charge is 0.194 e. The SMILES string of the molecule is C=CCCc1ccc(-c2ccc(C(F)(F)C(F)(F)c3ccc(CC/C=C/C)cc3)cc2)cc1. The third kappa shape index (κ3) is 5.62. The van der Waals surface area contributed by atoms with E-state index >= 15 is 0 Å². The molecule has 0 atom stereocenters. The van der Waals surface area contributed by atoms with E-state index in [1.54, 1.807) is 0 Å². The van der Waals surface area contributed by atoms with Gasteiger partial charge in [0.05, 0.1) is 0 Å². The van der Waals surface area contributed by atoms with Crippen LogP contribution in [0.4, 0.5) is 17.6 Å². The van der Waals surface area contributed by atoms with Crippen molar-refractivity contribution in [2.24, 2.45) is 0 Å². The number of hydrogen-bond donors (Lipinski definition) is 0. The van der Waals surface area contributed by atoms with Crippen molar-refractivity contribution in [3.8, 4) is 11.1 Å². The number of benzene rings is 3. The molecule has 172 valence electrons. The number of alkyl halides is 4. The lowest BCUT2D eigenvalue weighted by atomic mass is 9.93. The number of rotatable bonds is 10. The molecule has 0 unspecified atom stereocenters. The quantitative estimate of drug-likeness (QED) is 0.213. The maximum Gasteiger partial charge on any atom is 0.339 e. The number of hydrogen-bond acceptors (Lipinski definition) is 0. The first kappa shape index (κ1) is 24.5.